The van der Waals surface area contributed by atoms with Crippen molar-refractivity contribution < 1.29 is 0 Å². The Kier molecular flexibility index (Phi) is 7.83. The summed E-state index contributed by atoms with van der Waals surface area (Å²) >= 11 is 0. The van der Waals surface area contributed by atoms with E-state index in [1.807, 2.05) is 6.92 Å². The first-order valence-electron chi connectivity index (χ1n) is 5.33. The van der Waals surface area contributed by atoms with Crippen molar-refractivity contribution in [1.29, 1.82) is 0 Å². The Morgan fingerprint density at radius 2 is 2.00 bits per heavy atom. The second-order valence-electron chi connectivity index (χ2n) is 3.91. The molecule has 0 aromatic carbocycles. The molecule has 1 nitrogen and oxygen atoms in total. The molecular formula is C12H23N. The van der Waals surface area contributed by atoms with E-state index < -0.39 is 0 Å². The Balaban J connectivity index is 3.77. The molecule has 0 aromatic rings. The predicted molar refractivity (Wildman–Crippen MR) is 59.6 cm³/mol. The number of rotatable bonds is 6. The van der Waals surface area contributed by atoms with Gasteiger partial charge in [-0.3, -0.25) is 0 Å². The second kappa shape index (κ2) is 8.13. The lowest BCUT2D eigenvalue weighted by atomic mass is 10.0. The average molecular weight is 181 g/mol. The van der Waals surface area contributed by atoms with Gasteiger partial charge in [0.25, 0.3) is 0 Å². The van der Waals surface area contributed by atoms with Crippen LogP contribution in [-0.4, -0.2) is 12.6 Å². The first kappa shape index (κ1) is 12.5. The lowest BCUT2D eigenvalue weighted by Crippen LogP contribution is -2.30. The molecular weight excluding hydrogens is 158 g/mol. The molecule has 1 unspecified atom stereocenters. The van der Waals surface area contributed by atoms with Crippen molar-refractivity contribution in [3.8, 4) is 11.8 Å². The fraction of sp³-hybridized carbons (Fsp3) is 0.833. The van der Waals surface area contributed by atoms with Gasteiger partial charge in [-0.05, 0) is 32.2 Å². The van der Waals surface area contributed by atoms with Gasteiger partial charge in [-0.2, -0.15) is 0 Å². The van der Waals surface area contributed by atoms with Crippen LogP contribution in [0.15, 0.2) is 0 Å². The van der Waals surface area contributed by atoms with E-state index >= 15 is 0 Å². The summed E-state index contributed by atoms with van der Waals surface area (Å²) in [5.41, 5.74) is 0. The average Bonchev–Trinajstić information content (AvgIpc) is 2.09. The zero-order valence-electron chi connectivity index (χ0n) is 9.48. The Morgan fingerprint density at radius 3 is 2.46 bits per heavy atom. The van der Waals surface area contributed by atoms with Gasteiger partial charge in [0.05, 0.1) is 0 Å². The van der Waals surface area contributed by atoms with Gasteiger partial charge in [0.1, 0.15) is 0 Å². The highest BCUT2D eigenvalue weighted by molar-refractivity contribution is 4.98. The van der Waals surface area contributed by atoms with E-state index in [1.165, 1.54) is 12.8 Å². The van der Waals surface area contributed by atoms with E-state index in [1.54, 1.807) is 0 Å². The molecule has 1 heteroatoms. The third-order valence-electron chi connectivity index (χ3n) is 1.96. The van der Waals surface area contributed by atoms with Crippen LogP contribution in [0.4, 0.5) is 0 Å². The molecule has 0 aliphatic heterocycles. The topological polar surface area (TPSA) is 12.0 Å². The van der Waals surface area contributed by atoms with Crippen molar-refractivity contribution in [3.63, 3.8) is 0 Å². The van der Waals surface area contributed by atoms with Crippen LogP contribution in [0, 0.1) is 17.8 Å². The third-order valence-corrected chi connectivity index (χ3v) is 1.96. The van der Waals surface area contributed by atoms with Crippen molar-refractivity contribution >= 4 is 0 Å². The zero-order valence-corrected chi connectivity index (χ0v) is 9.48. The van der Waals surface area contributed by atoms with Gasteiger partial charge >= 0.3 is 0 Å². The highest BCUT2D eigenvalue weighted by Crippen LogP contribution is 2.07. The Hall–Kier alpha value is -0.480. The van der Waals surface area contributed by atoms with Crippen LogP contribution in [0.25, 0.3) is 0 Å². The number of nitrogens with one attached hydrogen (secondary N) is 1. The molecule has 0 saturated heterocycles. The molecule has 1 N–H and O–H groups in total. The first-order chi connectivity index (χ1) is 6.20. The Labute approximate surface area is 83.3 Å². The Morgan fingerprint density at radius 1 is 1.31 bits per heavy atom. The van der Waals surface area contributed by atoms with Crippen molar-refractivity contribution in [2.45, 2.75) is 53.0 Å². The van der Waals surface area contributed by atoms with Crippen molar-refractivity contribution in [2.75, 3.05) is 6.54 Å². The summed E-state index contributed by atoms with van der Waals surface area (Å²) in [6.07, 6.45) is 3.43. The minimum absolute atomic E-state index is 0.590. The monoisotopic (exact) mass is 181 g/mol. The maximum atomic E-state index is 3.53. The van der Waals surface area contributed by atoms with Gasteiger partial charge in [0.15, 0.2) is 0 Å². The molecule has 0 rings (SSSR count). The van der Waals surface area contributed by atoms with Crippen LogP contribution < -0.4 is 5.32 Å². The lowest BCUT2D eigenvalue weighted by Gasteiger charge is -2.17. The molecule has 0 aliphatic carbocycles. The predicted octanol–water partition coefficient (Wildman–Crippen LogP) is 2.81. The molecule has 0 radical (unpaired) electrons. The van der Waals surface area contributed by atoms with Crippen molar-refractivity contribution in [1.82, 2.24) is 5.32 Å². The minimum Gasteiger partial charge on any atom is -0.313 e. The van der Waals surface area contributed by atoms with Crippen LogP contribution in [0.3, 0.4) is 0 Å². The maximum Gasteiger partial charge on any atom is 0.0243 e. The molecule has 0 fully saturated rings. The number of hydrogen-bond acceptors (Lipinski definition) is 1. The van der Waals surface area contributed by atoms with E-state index in [0.717, 1.165) is 18.9 Å². The normalized spacial score (nSPS) is 12.4. The van der Waals surface area contributed by atoms with Crippen LogP contribution in [-0.2, 0) is 0 Å². The number of hydrogen-bond donors (Lipinski definition) is 1. The SMILES string of the molecule is CC#CCC(CC(C)C)NCCC. The van der Waals surface area contributed by atoms with Crippen LogP contribution in [0.2, 0.25) is 0 Å². The second-order valence-corrected chi connectivity index (χ2v) is 3.91. The summed E-state index contributed by atoms with van der Waals surface area (Å²) in [6.45, 7) is 9.75. The molecule has 0 aromatic heterocycles. The largest absolute Gasteiger partial charge is 0.313 e. The van der Waals surface area contributed by atoms with Gasteiger partial charge < -0.3 is 5.32 Å². The van der Waals surface area contributed by atoms with Crippen LogP contribution in [0.1, 0.15) is 47.0 Å². The lowest BCUT2D eigenvalue weighted by molar-refractivity contribution is 0.424. The summed E-state index contributed by atoms with van der Waals surface area (Å²) in [7, 11) is 0. The third kappa shape index (κ3) is 7.87. The van der Waals surface area contributed by atoms with E-state index in [2.05, 4.69) is 37.9 Å². The molecule has 0 spiro atoms. The molecule has 0 amide bonds. The fourth-order valence-electron chi connectivity index (χ4n) is 1.38. The highest BCUT2D eigenvalue weighted by Gasteiger charge is 2.07. The fourth-order valence-corrected chi connectivity index (χ4v) is 1.38. The molecule has 76 valence electrons. The summed E-state index contributed by atoms with van der Waals surface area (Å²) in [5, 5.41) is 3.53. The highest BCUT2D eigenvalue weighted by atomic mass is 14.9. The maximum absolute atomic E-state index is 3.53. The van der Waals surface area contributed by atoms with Gasteiger partial charge in [-0.1, -0.05) is 20.8 Å². The molecule has 0 aliphatic rings. The van der Waals surface area contributed by atoms with Gasteiger partial charge in [0.2, 0.25) is 0 Å². The zero-order chi connectivity index (χ0) is 10.1. The van der Waals surface area contributed by atoms with Crippen LogP contribution in [0.5, 0.6) is 0 Å². The molecule has 13 heavy (non-hydrogen) atoms. The standard InChI is InChI=1S/C12H23N/c1-5-7-8-12(10-11(3)4)13-9-6-2/h11-13H,6,8-10H2,1-4H3. The smallest absolute Gasteiger partial charge is 0.0243 e. The van der Waals surface area contributed by atoms with Gasteiger partial charge in [0, 0.05) is 12.5 Å². The van der Waals surface area contributed by atoms with E-state index in [-0.39, 0.29) is 0 Å². The van der Waals surface area contributed by atoms with E-state index in [9.17, 15) is 0 Å². The molecule has 0 heterocycles. The van der Waals surface area contributed by atoms with Gasteiger partial charge in [-0.25, -0.2) is 0 Å². The van der Waals surface area contributed by atoms with E-state index in [0.29, 0.717) is 6.04 Å². The first-order valence-corrected chi connectivity index (χ1v) is 5.33. The summed E-state index contributed by atoms with van der Waals surface area (Å²) in [4.78, 5) is 0. The summed E-state index contributed by atoms with van der Waals surface area (Å²) < 4.78 is 0. The van der Waals surface area contributed by atoms with Gasteiger partial charge in [-0.15, -0.1) is 11.8 Å². The van der Waals surface area contributed by atoms with Crippen LogP contribution >= 0.6 is 0 Å². The molecule has 0 bridgehead atoms. The summed E-state index contributed by atoms with van der Waals surface area (Å²) in [6, 6.07) is 0.590. The van der Waals surface area contributed by atoms with E-state index in [4.69, 9.17) is 0 Å². The minimum atomic E-state index is 0.590. The quantitative estimate of drug-likeness (QED) is 0.621. The van der Waals surface area contributed by atoms with Crippen molar-refractivity contribution in [2.24, 2.45) is 5.92 Å². The molecule has 1 atom stereocenters. The summed E-state index contributed by atoms with van der Waals surface area (Å²) in [5.74, 6) is 6.87. The van der Waals surface area contributed by atoms with Crippen molar-refractivity contribution in [3.05, 3.63) is 0 Å². The molecule has 0 saturated carbocycles. The Bertz CT molecular complexity index is 162.